The molecular formula is C7H5IN2. The fourth-order valence-corrected chi connectivity index (χ4v) is 1.36. The Morgan fingerprint density at radius 2 is 2.40 bits per heavy atom. The molecule has 50 valence electrons. The lowest BCUT2D eigenvalue weighted by Crippen LogP contribution is -1.75. The second-order valence-corrected chi connectivity index (χ2v) is 3.31. The normalized spacial score (nSPS) is 10.5. The highest BCUT2D eigenvalue weighted by Crippen LogP contribution is 2.11. The van der Waals surface area contributed by atoms with Crippen molar-refractivity contribution in [3.63, 3.8) is 0 Å². The lowest BCUT2D eigenvalue weighted by atomic mass is 10.4. The molecule has 0 unspecified atom stereocenters. The van der Waals surface area contributed by atoms with E-state index in [0.29, 0.717) is 0 Å². The molecule has 0 amide bonds. The Morgan fingerprint density at radius 1 is 1.50 bits per heavy atom. The summed E-state index contributed by atoms with van der Waals surface area (Å²) in [6.45, 7) is 0. The molecular weight excluding hydrogens is 239 g/mol. The highest BCUT2D eigenvalue weighted by molar-refractivity contribution is 14.1. The average molecular weight is 244 g/mol. The van der Waals surface area contributed by atoms with E-state index in [0.717, 1.165) is 14.6 Å². The van der Waals surface area contributed by atoms with E-state index in [1.807, 2.05) is 18.5 Å². The van der Waals surface area contributed by atoms with Crippen molar-refractivity contribution in [1.29, 1.82) is 0 Å². The summed E-state index contributed by atoms with van der Waals surface area (Å²) in [6, 6.07) is 4.04. The van der Waals surface area contributed by atoms with Crippen molar-refractivity contribution in [2.75, 3.05) is 0 Å². The van der Waals surface area contributed by atoms with Gasteiger partial charge in [0.15, 0.2) is 0 Å². The molecule has 0 saturated carbocycles. The summed E-state index contributed by atoms with van der Waals surface area (Å²) in [5, 5.41) is 0. The van der Waals surface area contributed by atoms with Crippen molar-refractivity contribution in [3.05, 3.63) is 28.1 Å². The van der Waals surface area contributed by atoms with Gasteiger partial charge in [0, 0.05) is 16.0 Å². The summed E-state index contributed by atoms with van der Waals surface area (Å²) < 4.78 is 1.16. The highest BCUT2D eigenvalue weighted by atomic mass is 127. The molecule has 0 spiro atoms. The zero-order chi connectivity index (χ0) is 6.97. The number of nitrogens with one attached hydrogen (secondary N) is 1. The van der Waals surface area contributed by atoms with Crippen molar-refractivity contribution in [1.82, 2.24) is 9.97 Å². The number of H-pyrrole nitrogens is 1. The zero-order valence-electron chi connectivity index (χ0n) is 5.13. The van der Waals surface area contributed by atoms with E-state index in [2.05, 4.69) is 38.6 Å². The Morgan fingerprint density at radius 3 is 3.30 bits per heavy atom. The molecule has 0 aromatic carbocycles. The number of rotatable bonds is 0. The molecule has 0 bridgehead atoms. The van der Waals surface area contributed by atoms with Gasteiger partial charge >= 0.3 is 0 Å². The van der Waals surface area contributed by atoms with Crippen LogP contribution in [0, 0.1) is 3.57 Å². The van der Waals surface area contributed by atoms with E-state index in [9.17, 15) is 0 Å². The molecule has 3 heteroatoms. The van der Waals surface area contributed by atoms with Crippen molar-refractivity contribution in [2.45, 2.75) is 0 Å². The minimum atomic E-state index is 1.03. The third-order valence-electron chi connectivity index (χ3n) is 1.37. The maximum atomic E-state index is 4.20. The van der Waals surface area contributed by atoms with Crippen LogP contribution in [0.1, 0.15) is 0 Å². The van der Waals surface area contributed by atoms with E-state index >= 15 is 0 Å². The van der Waals surface area contributed by atoms with E-state index < -0.39 is 0 Å². The Labute approximate surface area is 71.8 Å². The van der Waals surface area contributed by atoms with Gasteiger partial charge in [-0.25, -0.2) is 0 Å². The van der Waals surface area contributed by atoms with Gasteiger partial charge in [-0.05, 0) is 34.7 Å². The first-order valence-electron chi connectivity index (χ1n) is 2.95. The molecule has 2 aromatic heterocycles. The lowest BCUT2D eigenvalue weighted by molar-refractivity contribution is 1.38. The van der Waals surface area contributed by atoms with Gasteiger partial charge in [-0.2, -0.15) is 0 Å². The van der Waals surface area contributed by atoms with Gasteiger partial charge in [-0.15, -0.1) is 0 Å². The van der Waals surface area contributed by atoms with Gasteiger partial charge in [0.2, 0.25) is 0 Å². The quantitative estimate of drug-likeness (QED) is 0.707. The number of hydrogen-bond acceptors (Lipinski definition) is 1. The van der Waals surface area contributed by atoms with E-state index in [1.54, 1.807) is 0 Å². The summed E-state index contributed by atoms with van der Waals surface area (Å²) >= 11 is 2.24. The summed E-state index contributed by atoms with van der Waals surface area (Å²) in [6.07, 6.45) is 3.75. The Hall–Kier alpha value is -0.580. The van der Waals surface area contributed by atoms with Crippen molar-refractivity contribution < 1.29 is 0 Å². The van der Waals surface area contributed by atoms with Crippen LogP contribution in [-0.4, -0.2) is 9.97 Å². The van der Waals surface area contributed by atoms with Crippen molar-refractivity contribution >= 4 is 33.6 Å². The van der Waals surface area contributed by atoms with Crippen LogP contribution in [0.4, 0.5) is 0 Å². The second-order valence-electron chi connectivity index (χ2n) is 2.06. The molecule has 2 heterocycles. The minimum absolute atomic E-state index is 1.03. The number of nitrogens with zero attached hydrogens (tertiary/aromatic N) is 1. The fraction of sp³-hybridized carbons (Fsp3) is 0. The topological polar surface area (TPSA) is 28.7 Å². The van der Waals surface area contributed by atoms with Crippen LogP contribution < -0.4 is 0 Å². The number of aromatic amines is 1. The smallest absolute Gasteiger partial charge is 0.0879 e. The standard InChI is InChI=1S/C7H5IN2/c8-5-3-7-6(10-4-5)1-2-9-7/h1-4,9H. The van der Waals surface area contributed by atoms with Crippen LogP contribution in [0.3, 0.4) is 0 Å². The van der Waals surface area contributed by atoms with Gasteiger partial charge in [0.1, 0.15) is 0 Å². The molecule has 2 aromatic rings. The van der Waals surface area contributed by atoms with Gasteiger partial charge in [0.25, 0.3) is 0 Å². The SMILES string of the molecule is Ic1cnc2cc[nH]c2c1. The maximum Gasteiger partial charge on any atom is 0.0879 e. The highest BCUT2D eigenvalue weighted by Gasteiger charge is 1.93. The summed E-state index contributed by atoms with van der Waals surface area (Å²) in [4.78, 5) is 7.30. The van der Waals surface area contributed by atoms with Crippen LogP contribution >= 0.6 is 22.6 Å². The van der Waals surface area contributed by atoms with Gasteiger partial charge in [-0.1, -0.05) is 0 Å². The number of aromatic nitrogens is 2. The van der Waals surface area contributed by atoms with Crippen LogP contribution in [0.5, 0.6) is 0 Å². The Kier molecular flexibility index (Phi) is 1.37. The molecule has 2 rings (SSSR count). The molecule has 0 aliphatic rings. The summed E-state index contributed by atoms with van der Waals surface area (Å²) in [5.41, 5.74) is 2.13. The molecule has 0 fully saturated rings. The summed E-state index contributed by atoms with van der Waals surface area (Å²) in [5.74, 6) is 0. The molecule has 0 radical (unpaired) electrons. The van der Waals surface area contributed by atoms with Gasteiger partial charge in [-0.3, -0.25) is 4.98 Å². The number of hydrogen-bond donors (Lipinski definition) is 1. The average Bonchev–Trinajstić information content (AvgIpc) is 2.33. The number of fused-ring (bicyclic) bond motifs is 1. The number of halogens is 1. The molecule has 0 atom stereocenters. The maximum absolute atomic E-state index is 4.20. The van der Waals surface area contributed by atoms with Crippen LogP contribution in [0.2, 0.25) is 0 Å². The molecule has 1 N–H and O–H groups in total. The van der Waals surface area contributed by atoms with Crippen LogP contribution in [0.25, 0.3) is 11.0 Å². The Bertz CT molecular complexity index is 353. The van der Waals surface area contributed by atoms with Crippen molar-refractivity contribution in [2.24, 2.45) is 0 Å². The molecule has 0 aliphatic carbocycles. The third-order valence-corrected chi connectivity index (χ3v) is 1.96. The predicted molar refractivity (Wildman–Crippen MR) is 48.8 cm³/mol. The number of pyridine rings is 1. The van der Waals surface area contributed by atoms with E-state index in [4.69, 9.17) is 0 Å². The molecule has 0 aliphatic heterocycles. The first-order chi connectivity index (χ1) is 4.86. The Balaban J connectivity index is 2.86. The van der Waals surface area contributed by atoms with Crippen LogP contribution in [0.15, 0.2) is 24.5 Å². The largest absolute Gasteiger partial charge is 0.360 e. The minimum Gasteiger partial charge on any atom is -0.360 e. The first-order valence-corrected chi connectivity index (χ1v) is 4.03. The van der Waals surface area contributed by atoms with E-state index in [1.165, 1.54) is 0 Å². The third kappa shape index (κ3) is 0.901. The molecule has 0 saturated heterocycles. The van der Waals surface area contributed by atoms with Gasteiger partial charge in [0.05, 0.1) is 11.0 Å². The fourth-order valence-electron chi connectivity index (χ4n) is 0.909. The van der Waals surface area contributed by atoms with Crippen LogP contribution in [-0.2, 0) is 0 Å². The predicted octanol–water partition coefficient (Wildman–Crippen LogP) is 2.17. The van der Waals surface area contributed by atoms with Crippen molar-refractivity contribution in [3.8, 4) is 0 Å². The zero-order valence-corrected chi connectivity index (χ0v) is 7.29. The second kappa shape index (κ2) is 2.23. The van der Waals surface area contributed by atoms with E-state index in [-0.39, 0.29) is 0 Å². The molecule has 10 heavy (non-hydrogen) atoms. The van der Waals surface area contributed by atoms with Gasteiger partial charge < -0.3 is 4.98 Å². The first kappa shape index (κ1) is 6.15. The molecule has 2 nitrogen and oxygen atoms in total. The lowest BCUT2D eigenvalue weighted by Gasteiger charge is -1.88. The monoisotopic (exact) mass is 244 g/mol. The summed E-state index contributed by atoms with van der Waals surface area (Å²) in [7, 11) is 0.